The Hall–Kier alpha value is -1.38. The molecule has 21 heavy (non-hydrogen) atoms. The summed E-state index contributed by atoms with van der Waals surface area (Å²) >= 11 is 0. The van der Waals surface area contributed by atoms with Crippen LogP contribution in [0.4, 0.5) is 0 Å². The summed E-state index contributed by atoms with van der Waals surface area (Å²) in [5, 5.41) is 4.64. The molecular formula is C18H30N3+. The van der Waals surface area contributed by atoms with E-state index in [0.29, 0.717) is 0 Å². The van der Waals surface area contributed by atoms with E-state index >= 15 is 0 Å². The Morgan fingerprint density at radius 2 is 1.38 bits per heavy atom. The molecule has 3 heteroatoms. The molecule has 0 saturated heterocycles. The zero-order valence-electron chi connectivity index (χ0n) is 15.1. The van der Waals surface area contributed by atoms with E-state index in [1.54, 1.807) is 0 Å². The number of aromatic nitrogens is 3. The largest absolute Gasteiger partial charge is 0.166 e. The van der Waals surface area contributed by atoms with Crippen LogP contribution >= 0.6 is 0 Å². The van der Waals surface area contributed by atoms with Gasteiger partial charge in [0.05, 0.1) is 0 Å². The lowest BCUT2D eigenvalue weighted by atomic mass is 9.81. The molecule has 0 amide bonds. The smallest absolute Gasteiger partial charge is 0.154 e. The normalized spacial score (nSPS) is 14.0. The molecule has 0 bridgehead atoms. The predicted molar refractivity (Wildman–Crippen MR) is 87.8 cm³/mol. The fourth-order valence-electron chi connectivity index (χ4n) is 2.70. The molecule has 116 valence electrons. The Labute approximate surface area is 129 Å². The van der Waals surface area contributed by atoms with Crippen LogP contribution in [0.15, 0.2) is 18.5 Å². The Kier molecular flexibility index (Phi) is 3.47. The molecule has 2 aromatic heterocycles. The maximum atomic E-state index is 4.64. The molecule has 0 aromatic carbocycles. The third kappa shape index (κ3) is 2.83. The van der Waals surface area contributed by atoms with Gasteiger partial charge in [-0.25, -0.2) is 0 Å². The molecule has 0 fully saturated rings. The fraction of sp³-hybridized carbons (Fsp3) is 0.667. The lowest BCUT2D eigenvalue weighted by Gasteiger charge is -2.22. The van der Waals surface area contributed by atoms with E-state index in [4.69, 9.17) is 0 Å². The van der Waals surface area contributed by atoms with Gasteiger partial charge in [0.1, 0.15) is 17.3 Å². The Morgan fingerprint density at radius 1 is 0.857 bits per heavy atom. The van der Waals surface area contributed by atoms with Crippen molar-refractivity contribution in [2.24, 2.45) is 0 Å². The summed E-state index contributed by atoms with van der Waals surface area (Å²) in [6.07, 6.45) is 4.19. The van der Waals surface area contributed by atoms with E-state index in [1.807, 2.05) is 6.20 Å². The van der Waals surface area contributed by atoms with Crippen molar-refractivity contribution in [1.29, 1.82) is 0 Å². The third-order valence-corrected chi connectivity index (χ3v) is 3.89. The molecule has 0 N–H and O–H groups in total. The summed E-state index contributed by atoms with van der Waals surface area (Å²) in [5.41, 5.74) is 4.15. The second kappa shape index (κ2) is 4.56. The maximum Gasteiger partial charge on any atom is 0.166 e. The van der Waals surface area contributed by atoms with Crippen molar-refractivity contribution in [2.75, 3.05) is 0 Å². The van der Waals surface area contributed by atoms with Gasteiger partial charge in [0.25, 0.3) is 0 Å². The van der Waals surface area contributed by atoms with Gasteiger partial charge < -0.3 is 0 Å². The molecule has 2 heterocycles. The quantitative estimate of drug-likeness (QED) is 0.672. The summed E-state index contributed by atoms with van der Waals surface area (Å²) in [5.74, 6) is 0. The van der Waals surface area contributed by atoms with Crippen molar-refractivity contribution in [3.05, 3.63) is 29.6 Å². The van der Waals surface area contributed by atoms with Crippen LogP contribution < -0.4 is 4.68 Å². The van der Waals surface area contributed by atoms with Gasteiger partial charge in [-0.3, -0.25) is 0 Å². The molecule has 0 spiro atoms. The monoisotopic (exact) mass is 288 g/mol. The van der Waals surface area contributed by atoms with Crippen molar-refractivity contribution >= 4 is 5.52 Å². The van der Waals surface area contributed by atoms with Gasteiger partial charge in [0, 0.05) is 10.7 Å². The van der Waals surface area contributed by atoms with Gasteiger partial charge in [-0.15, -0.1) is 0 Å². The van der Waals surface area contributed by atoms with Crippen molar-refractivity contribution in [1.82, 2.24) is 9.73 Å². The second-order valence-corrected chi connectivity index (χ2v) is 9.04. The van der Waals surface area contributed by atoms with Crippen LogP contribution in [0.1, 0.15) is 73.4 Å². The second-order valence-electron chi connectivity index (χ2n) is 9.04. The standard InChI is InChI=1S/C18H30N3/c1-16(2,3)13-10-11-19-21-15(13)14(17(4,5)6)12-20(21)18(7,8)9/h10-12H,1-9H3/q+1. The lowest BCUT2D eigenvalue weighted by molar-refractivity contribution is -0.816. The van der Waals surface area contributed by atoms with Gasteiger partial charge in [-0.1, -0.05) is 41.5 Å². The van der Waals surface area contributed by atoms with Crippen LogP contribution in [0.25, 0.3) is 5.52 Å². The zero-order chi connectivity index (χ0) is 16.2. The first-order valence-corrected chi connectivity index (χ1v) is 7.77. The van der Waals surface area contributed by atoms with Gasteiger partial charge in [0.15, 0.2) is 6.20 Å². The molecule has 0 unspecified atom stereocenters. The zero-order valence-corrected chi connectivity index (χ0v) is 15.1. The molecule has 0 atom stereocenters. The van der Waals surface area contributed by atoms with Crippen LogP contribution in [0.2, 0.25) is 0 Å². The predicted octanol–water partition coefficient (Wildman–Crippen LogP) is 3.97. The molecular weight excluding hydrogens is 258 g/mol. The average molecular weight is 288 g/mol. The highest BCUT2D eigenvalue weighted by Crippen LogP contribution is 2.33. The molecule has 2 rings (SSSR count). The average Bonchev–Trinajstić information content (AvgIpc) is 2.65. The number of nitrogens with zero attached hydrogens (tertiary/aromatic N) is 3. The van der Waals surface area contributed by atoms with Crippen LogP contribution in [-0.4, -0.2) is 9.73 Å². The topological polar surface area (TPSA) is 21.2 Å². The lowest BCUT2D eigenvalue weighted by Crippen LogP contribution is -2.54. The number of hydrogen-bond acceptors (Lipinski definition) is 1. The minimum absolute atomic E-state index is 0.00404. The molecule has 2 aromatic rings. The molecule has 0 radical (unpaired) electrons. The molecule has 0 saturated carbocycles. The number of rotatable bonds is 0. The maximum absolute atomic E-state index is 4.64. The van der Waals surface area contributed by atoms with Gasteiger partial charge in [0.2, 0.25) is 0 Å². The molecule has 0 aliphatic rings. The molecule has 3 nitrogen and oxygen atoms in total. The summed E-state index contributed by atoms with van der Waals surface area (Å²) in [6, 6.07) is 2.16. The van der Waals surface area contributed by atoms with E-state index in [9.17, 15) is 0 Å². The van der Waals surface area contributed by atoms with Crippen molar-refractivity contribution in [3.8, 4) is 0 Å². The van der Waals surface area contributed by atoms with Crippen LogP contribution in [0.5, 0.6) is 0 Å². The van der Waals surface area contributed by atoms with Crippen molar-refractivity contribution in [3.63, 3.8) is 0 Å². The minimum Gasteiger partial charge on any atom is -0.154 e. The van der Waals surface area contributed by atoms with E-state index in [2.05, 4.69) is 89.0 Å². The Bertz CT molecular complexity index is 659. The highest BCUT2D eigenvalue weighted by molar-refractivity contribution is 5.62. The third-order valence-electron chi connectivity index (χ3n) is 3.89. The van der Waals surface area contributed by atoms with Crippen molar-refractivity contribution < 1.29 is 4.68 Å². The SMILES string of the molecule is CC(C)(C)c1ccnn2c1c(C(C)(C)C)c[n+]2C(C)(C)C. The van der Waals surface area contributed by atoms with Crippen LogP contribution in [-0.2, 0) is 16.4 Å². The summed E-state index contributed by atoms with van der Waals surface area (Å²) in [4.78, 5) is 0. The van der Waals surface area contributed by atoms with Gasteiger partial charge in [-0.2, -0.15) is 4.68 Å². The van der Waals surface area contributed by atoms with Crippen LogP contribution in [0, 0.1) is 0 Å². The summed E-state index contributed by atoms with van der Waals surface area (Å²) in [7, 11) is 0. The first kappa shape index (κ1) is 16.0. The summed E-state index contributed by atoms with van der Waals surface area (Å²) < 4.78 is 4.33. The highest BCUT2D eigenvalue weighted by atomic mass is 15.5. The van der Waals surface area contributed by atoms with E-state index in [1.165, 1.54) is 16.6 Å². The first-order valence-electron chi connectivity index (χ1n) is 7.77. The summed E-state index contributed by atoms with van der Waals surface area (Å²) in [6.45, 7) is 20.3. The molecule has 0 aliphatic carbocycles. The number of hydrogen-bond donors (Lipinski definition) is 0. The fourth-order valence-corrected chi connectivity index (χ4v) is 2.70. The van der Waals surface area contributed by atoms with Crippen molar-refractivity contribution in [2.45, 2.75) is 78.7 Å². The Balaban J connectivity index is 2.97. The Morgan fingerprint density at radius 3 is 1.81 bits per heavy atom. The first-order chi connectivity index (χ1) is 9.33. The van der Waals surface area contributed by atoms with Gasteiger partial charge in [-0.05, 0) is 47.9 Å². The van der Waals surface area contributed by atoms with E-state index in [0.717, 1.165) is 0 Å². The van der Waals surface area contributed by atoms with Gasteiger partial charge >= 0.3 is 0 Å². The van der Waals surface area contributed by atoms with Crippen LogP contribution in [0.3, 0.4) is 0 Å². The highest BCUT2D eigenvalue weighted by Gasteiger charge is 2.33. The minimum atomic E-state index is -0.00404. The number of fused-ring (bicyclic) bond motifs is 1. The van der Waals surface area contributed by atoms with E-state index in [-0.39, 0.29) is 16.4 Å². The molecule has 0 aliphatic heterocycles. The van der Waals surface area contributed by atoms with E-state index < -0.39 is 0 Å².